The van der Waals surface area contributed by atoms with Crippen molar-refractivity contribution in [1.82, 2.24) is 9.78 Å². The molecular weight excluding hydrogens is 318 g/mol. The van der Waals surface area contributed by atoms with E-state index in [9.17, 15) is 4.79 Å². The molecule has 1 unspecified atom stereocenters. The minimum absolute atomic E-state index is 0.0188. The summed E-state index contributed by atoms with van der Waals surface area (Å²) in [5.74, 6) is -0.202. The van der Waals surface area contributed by atoms with Gasteiger partial charge in [0.2, 0.25) is 0 Å². The lowest BCUT2D eigenvalue weighted by molar-refractivity contribution is -0.152. The molecule has 0 saturated carbocycles. The van der Waals surface area contributed by atoms with Gasteiger partial charge in [0.1, 0.15) is 23.6 Å². The van der Waals surface area contributed by atoms with Gasteiger partial charge in [-0.15, -0.1) is 0 Å². The number of para-hydroxylation sites is 1. The van der Waals surface area contributed by atoms with Crippen LogP contribution in [0.25, 0.3) is 0 Å². The Balaban J connectivity index is 1.99. The second-order valence-electron chi connectivity index (χ2n) is 4.95. The van der Waals surface area contributed by atoms with Crippen molar-refractivity contribution in [2.45, 2.75) is 26.6 Å². The van der Waals surface area contributed by atoms with Crippen LogP contribution in [-0.2, 0) is 23.2 Å². The van der Waals surface area contributed by atoms with Crippen LogP contribution in [0, 0.1) is 18.3 Å². The summed E-state index contributed by atoms with van der Waals surface area (Å²) in [5, 5.41) is 13.6. The van der Waals surface area contributed by atoms with Gasteiger partial charge in [-0.1, -0.05) is 23.7 Å². The first kappa shape index (κ1) is 16.8. The predicted molar refractivity (Wildman–Crippen MR) is 84.0 cm³/mol. The van der Waals surface area contributed by atoms with E-state index in [-0.39, 0.29) is 6.61 Å². The average molecular weight is 334 g/mol. The summed E-state index contributed by atoms with van der Waals surface area (Å²) in [5.41, 5.74) is 1.72. The van der Waals surface area contributed by atoms with Crippen molar-refractivity contribution < 1.29 is 14.3 Å². The molecule has 1 atom stereocenters. The van der Waals surface area contributed by atoms with Gasteiger partial charge in [0.05, 0.1) is 11.3 Å². The summed E-state index contributed by atoms with van der Waals surface area (Å²) in [6.45, 7) is 3.37. The van der Waals surface area contributed by atoms with Gasteiger partial charge in [-0.05, 0) is 26.0 Å². The maximum atomic E-state index is 12.0. The second-order valence-corrected chi connectivity index (χ2v) is 5.31. The summed E-state index contributed by atoms with van der Waals surface area (Å²) in [6, 6.07) is 8.71. The van der Waals surface area contributed by atoms with E-state index in [0.717, 1.165) is 0 Å². The first-order valence-corrected chi connectivity index (χ1v) is 7.32. The Morgan fingerprint density at radius 3 is 2.78 bits per heavy atom. The molecule has 120 valence electrons. The Morgan fingerprint density at radius 2 is 2.17 bits per heavy atom. The first-order valence-electron chi connectivity index (χ1n) is 6.94. The van der Waals surface area contributed by atoms with Crippen LogP contribution in [-0.4, -0.2) is 21.9 Å². The van der Waals surface area contributed by atoms with Gasteiger partial charge in [-0.25, -0.2) is 4.79 Å². The zero-order chi connectivity index (χ0) is 17.0. The Kier molecular flexibility index (Phi) is 5.24. The van der Waals surface area contributed by atoms with Crippen LogP contribution >= 0.6 is 11.6 Å². The molecule has 1 aromatic heterocycles. The van der Waals surface area contributed by atoms with Gasteiger partial charge < -0.3 is 9.47 Å². The molecule has 6 nitrogen and oxygen atoms in total. The third-order valence-corrected chi connectivity index (χ3v) is 3.74. The van der Waals surface area contributed by atoms with Crippen LogP contribution in [0.5, 0.6) is 5.75 Å². The van der Waals surface area contributed by atoms with E-state index >= 15 is 0 Å². The number of carbonyl (C=O) groups excluding carboxylic acids is 1. The molecule has 7 heteroatoms. The maximum Gasteiger partial charge on any atom is 0.347 e. The molecule has 0 saturated heterocycles. The molecule has 2 aromatic rings. The normalized spacial score (nSPS) is 11.6. The number of aromatic nitrogens is 2. The van der Waals surface area contributed by atoms with E-state index in [2.05, 4.69) is 5.10 Å². The number of hydrogen-bond donors (Lipinski definition) is 0. The minimum atomic E-state index is -0.847. The fraction of sp³-hybridized carbons (Fsp3) is 0.312. The van der Waals surface area contributed by atoms with Gasteiger partial charge in [-0.2, -0.15) is 10.4 Å². The van der Waals surface area contributed by atoms with Crippen molar-refractivity contribution in [3.63, 3.8) is 0 Å². The van der Waals surface area contributed by atoms with E-state index in [1.165, 1.54) is 4.68 Å². The number of nitrogens with zero attached hydrogens (tertiary/aromatic N) is 3. The van der Waals surface area contributed by atoms with Gasteiger partial charge in [0.15, 0.2) is 6.10 Å². The molecule has 0 fully saturated rings. The highest BCUT2D eigenvalue weighted by molar-refractivity contribution is 6.30. The van der Waals surface area contributed by atoms with E-state index in [1.54, 1.807) is 45.2 Å². The van der Waals surface area contributed by atoms with Crippen LogP contribution in [0.3, 0.4) is 0 Å². The molecule has 0 amide bonds. The highest BCUT2D eigenvalue weighted by Gasteiger charge is 2.20. The van der Waals surface area contributed by atoms with Crippen LogP contribution in [0.1, 0.15) is 23.7 Å². The smallest absolute Gasteiger partial charge is 0.347 e. The average Bonchev–Trinajstić information content (AvgIpc) is 2.78. The maximum absolute atomic E-state index is 12.0. The molecule has 2 rings (SSSR count). The fourth-order valence-electron chi connectivity index (χ4n) is 2.00. The minimum Gasteiger partial charge on any atom is -0.478 e. The van der Waals surface area contributed by atoms with Gasteiger partial charge in [0.25, 0.3) is 0 Å². The summed E-state index contributed by atoms with van der Waals surface area (Å²) in [4.78, 5) is 12.0. The highest BCUT2D eigenvalue weighted by atomic mass is 35.5. The number of halogens is 1. The summed E-state index contributed by atoms with van der Waals surface area (Å²) >= 11 is 6.09. The highest BCUT2D eigenvalue weighted by Crippen LogP contribution is 2.21. The number of hydrogen-bond acceptors (Lipinski definition) is 5. The van der Waals surface area contributed by atoms with Gasteiger partial charge in [0, 0.05) is 12.6 Å². The summed E-state index contributed by atoms with van der Waals surface area (Å²) < 4.78 is 12.2. The molecule has 0 N–H and O–H groups in total. The fourth-order valence-corrected chi connectivity index (χ4v) is 2.23. The molecule has 23 heavy (non-hydrogen) atoms. The Hall–Kier alpha value is -2.52. The predicted octanol–water partition coefficient (Wildman–Crippen LogP) is 2.76. The lowest BCUT2D eigenvalue weighted by atomic mass is 10.2. The number of aryl methyl sites for hydroxylation is 2. The molecule has 0 spiro atoms. The van der Waals surface area contributed by atoms with Crippen LogP contribution < -0.4 is 4.74 Å². The van der Waals surface area contributed by atoms with Crippen molar-refractivity contribution in [3.8, 4) is 11.8 Å². The van der Waals surface area contributed by atoms with E-state index in [1.807, 2.05) is 6.07 Å². The van der Waals surface area contributed by atoms with Crippen molar-refractivity contribution in [3.05, 3.63) is 46.2 Å². The number of benzene rings is 1. The molecular formula is C16H16ClN3O3. The molecule has 0 bridgehead atoms. The number of rotatable bonds is 5. The Morgan fingerprint density at radius 1 is 1.48 bits per heavy atom. The molecule has 0 aliphatic rings. The van der Waals surface area contributed by atoms with Crippen molar-refractivity contribution in [2.75, 3.05) is 0 Å². The van der Waals surface area contributed by atoms with Crippen molar-refractivity contribution >= 4 is 17.6 Å². The van der Waals surface area contributed by atoms with Crippen LogP contribution in [0.15, 0.2) is 24.3 Å². The van der Waals surface area contributed by atoms with Crippen molar-refractivity contribution in [1.29, 1.82) is 5.26 Å². The molecule has 1 aromatic carbocycles. The number of nitriles is 1. The quantitative estimate of drug-likeness (QED) is 0.786. The lowest BCUT2D eigenvalue weighted by Gasteiger charge is -2.14. The first-order chi connectivity index (χ1) is 10.9. The number of ether oxygens (including phenoxy) is 2. The van der Waals surface area contributed by atoms with Crippen LogP contribution in [0.4, 0.5) is 0 Å². The standard InChI is InChI=1S/C16H16ClN3O3/c1-10-13(15(17)20(3)19-10)9-22-16(21)11(2)23-14-7-5-4-6-12(14)8-18/h4-7,11H,9H2,1-3H3. The third kappa shape index (κ3) is 3.82. The van der Waals surface area contributed by atoms with E-state index in [0.29, 0.717) is 27.7 Å². The molecule has 0 aliphatic heterocycles. The van der Waals surface area contributed by atoms with Crippen LogP contribution in [0.2, 0.25) is 5.15 Å². The number of esters is 1. The molecule has 1 heterocycles. The van der Waals surface area contributed by atoms with Gasteiger partial charge in [-0.3, -0.25) is 4.68 Å². The monoisotopic (exact) mass is 333 g/mol. The van der Waals surface area contributed by atoms with E-state index < -0.39 is 12.1 Å². The summed E-state index contributed by atoms with van der Waals surface area (Å²) in [7, 11) is 1.71. The lowest BCUT2D eigenvalue weighted by Crippen LogP contribution is -2.26. The summed E-state index contributed by atoms with van der Waals surface area (Å²) in [6.07, 6.45) is -0.847. The zero-order valence-electron chi connectivity index (χ0n) is 13.0. The van der Waals surface area contributed by atoms with Crippen molar-refractivity contribution in [2.24, 2.45) is 7.05 Å². The zero-order valence-corrected chi connectivity index (χ0v) is 13.8. The van der Waals surface area contributed by atoms with E-state index in [4.69, 9.17) is 26.3 Å². The third-order valence-electron chi connectivity index (χ3n) is 3.27. The molecule has 0 aliphatic carbocycles. The topological polar surface area (TPSA) is 77.1 Å². The number of carbonyl (C=O) groups is 1. The Bertz CT molecular complexity index is 764. The Labute approximate surface area is 139 Å². The SMILES string of the molecule is Cc1nn(C)c(Cl)c1COC(=O)C(C)Oc1ccccc1C#N. The van der Waals surface area contributed by atoms with Gasteiger partial charge >= 0.3 is 5.97 Å². The second kappa shape index (κ2) is 7.16. The largest absolute Gasteiger partial charge is 0.478 e. The molecule has 0 radical (unpaired) electrons.